The second kappa shape index (κ2) is 11.0. The number of pyridine rings is 2. The predicted molar refractivity (Wildman–Crippen MR) is 131 cm³/mol. The van der Waals surface area contributed by atoms with Crippen molar-refractivity contribution in [2.24, 2.45) is 7.05 Å². The number of aromatic nitrogens is 4. The van der Waals surface area contributed by atoms with Gasteiger partial charge in [0.1, 0.15) is 17.5 Å². The third kappa shape index (κ3) is 6.11. The highest BCUT2D eigenvalue weighted by molar-refractivity contribution is 5.85. The second-order valence-corrected chi connectivity index (χ2v) is 7.72. The van der Waals surface area contributed by atoms with Crippen LogP contribution >= 0.6 is 0 Å². The van der Waals surface area contributed by atoms with Gasteiger partial charge in [0.2, 0.25) is 11.9 Å². The minimum atomic E-state index is -1.25. The Kier molecular flexibility index (Phi) is 7.34. The average Bonchev–Trinajstić information content (AvgIpc) is 3.27. The van der Waals surface area contributed by atoms with Gasteiger partial charge in [-0.2, -0.15) is 9.49 Å². The number of benzene rings is 1. The molecule has 36 heavy (non-hydrogen) atoms. The van der Waals surface area contributed by atoms with E-state index in [9.17, 15) is 14.0 Å². The first-order chi connectivity index (χ1) is 17.4. The van der Waals surface area contributed by atoms with Gasteiger partial charge in [-0.15, -0.1) is 0 Å². The fraction of sp³-hybridized carbons (Fsp3) is 0.125. The molecule has 0 bridgehead atoms. The van der Waals surface area contributed by atoms with Crippen LogP contribution in [0.4, 0.5) is 26.6 Å². The lowest BCUT2D eigenvalue weighted by molar-refractivity contribution is -0.121. The summed E-state index contributed by atoms with van der Waals surface area (Å²) in [5.41, 5.74) is 6.89. The van der Waals surface area contributed by atoms with Gasteiger partial charge in [0.15, 0.2) is 0 Å². The summed E-state index contributed by atoms with van der Waals surface area (Å²) in [5.74, 6) is -0.759. The zero-order valence-electron chi connectivity index (χ0n) is 19.1. The van der Waals surface area contributed by atoms with Gasteiger partial charge in [-0.3, -0.25) is 20.3 Å². The van der Waals surface area contributed by atoms with Gasteiger partial charge in [-0.1, -0.05) is 30.3 Å². The van der Waals surface area contributed by atoms with Gasteiger partial charge in [0, 0.05) is 31.9 Å². The van der Waals surface area contributed by atoms with E-state index in [4.69, 9.17) is 5.11 Å². The zero-order chi connectivity index (χ0) is 25.5. The van der Waals surface area contributed by atoms with Crippen LogP contribution in [0.5, 0.6) is 0 Å². The number of hydrazine groups is 1. The average molecular weight is 490 g/mol. The summed E-state index contributed by atoms with van der Waals surface area (Å²) in [6.45, 7) is -0.141. The van der Waals surface area contributed by atoms with Crippen LogP contribution in [0, 0.1) is 5.95 Å². The SMILES string of the molecule is Cn1nccc1Nc1cc(-c2cc(F)nc(NNC(=O)C(CNC(=O)O)c3ccccc3)c2)ccn1. The second-order valence-electron chi connectivity index (χ2n) is 7.72. The third-order valence-corrected chi connectivity index (χ3v) is 5.25. The lowest BCUT2D eigenvalue weighted by atomic mass is 9.98. The molecule has 4 aromatic rings. The molecule has 0 saturated heterocycles. The summed E-state index contributed by atoms with van der Waals surface area (Å²) in [6.07, 6.45) is 1.99. The molecular weight excluding hydrogens is 467 g/mol. The lowest BCUT2D eigenvalue weighted by Crippen LogP contribution is -2.39. The Balaban J connectivity index is 1.49. The van der Waals surface area contributed by atoms with Crippen LogP contribution in [0.15, 0.2) is 73.1 Å². The Bertz CT molecular complexity index is 1360. The molecule has 0 aliphatic rings. The summed E-state index contributed by atoms with van der Waals surface area (Å²) in [6, 6.07) is 16.8. The molecule has 11 nitrogen and oxygen atoms in total. The molecule has 1 atom stereocenters. The van der Waals surface area contributed by atoms with Crippen molar-refractivity contribution in [2.45, 2.75) is 5.92 Å². The maximum absolute atomic E-state index is 14.3. The zero-order valence-corrected chi connectivity index (χ0v) is 19.1. The maximum Gasteiger partial charge on any atom is 0.404 e. The summed E-state index contributed by atoms with van der Waals surface area (Å²) in [5, 5.41) is 18.4. The molecule has 0 aliphatic heterocycles. The van der Waals surface area contributed by atoms with Crippen molar-refractivity contribution in [1.82, 2.24) is 30.5 Å². The fourth-order valence-corrected chi connectivity index (χ4v) is 3.48. The first kappa shape index (κ1) is 24.1. The van der Waals surface area contributed by atoms with Crippen LogP contribution in [0.1, 0.15) is 11.5 Å². The number of nitrogens with zero attached hydrogens (tertiary/aromatic N) is 4. The predicted octanol–water partition coefficient (Wildman–Crippen LogP) is 3.25. The largest absolute Gasteiger partial charge is 0.465 e. The van der Waals surface area contributed by atoms with E-state index in [1.807, 2.05) is 0 Å². The minimum absolute atomic E-state index is 0.0642. The Morgan fingerprint density at radius 2 is 1.81 bits per heavy atom. The highest BCUT2D eigenvalue weighted by Crippen LogP contribution is 2.25. The summed E-state index contributed by atoms with van der Waals surface area (Å²) >= 11 is 0. The lowest BCUT2D eigenvalue weighted by Gasteiger charge is -2.18. The molecule has 2 amide bonds. The van der Waals surface area contributed by atoms with Gasteiger partial charge in [-0.05, 0) is 34.9 Å². The molecular formula is C24H23FN8O3. The Labute approximate surface area is 205 Å². The van der Waals surface area contributed by atoms with Crippen molar-refractivity contribution >= 4 is 29.5 Å². The number of carbonyl (C=O) groups is 2. The van der Waals surface area contributed by atoms with Gasteiger partial charge in [0.25, 0.3) is 0 Å². The van der Waals surface area contributed by atoms with Crippen molar-refractivity contribution in [3.05, 3.63) is 84.6 Å². The van der Waals surface area contributed by atoms with Crippen molar-refractivity contribution in [2.75, 3.05) is 17.3 Å². The molecule has 0 aliphatic carbocycles. The number of carboxylic acid groups (broad SMARTS) is 1. The molecule has 4 rings (SSSR count). The normalized spacial score (nSPS) is 11.4. The first-order valence-corrected chi connectivity index (χ1v) is 10.9. The van der Waals surface area contributed by atoms with E-state index in [-0.39, 0.29) is 12.4 Å². The molecule has 0 fully saturated rings. The van der Waals surface area contributed by atoms with Crippen LogP contribution in [0.3, 0.4) is 0 Å². The van der Waals surface area contributed by atoms with E-state index >= 15 is 0 Å². The van der Waals surface area contributed by atoms with Gasteiger partial charge in [-0.25, -0.2) is 14.8 Å². The molecule has 3 heterocycles. The van der Waals surface area contributed by atoms with E-state index in [1.165, 1.54) is 6.07 Å². The van der Waals surface area contributed by atoms with Crippen LogP contribution in [-0.4, -0.2) is 43.4 Å². The van der Waals surface area contributed by atoms with E-state index in [2.05, 4.69) is 36.6 Å². The van der Waals surface area contributed by atoms with Crippen LogP contribution in [0.2, 0.25) is 0 Å². The molecule has 0 spiro atoms. The molecule has 12 heteroatoms. The van der Waals surface area contributed by atoms with Crippen LogP contribution in [0.25, 0.3) is 11.1 Å². The van der Waals surface area contributed by atoms with E-state index in [0.29, 0.717) is 22.5 Å². The fourth-order valence-electron chi connectivity index (χ4n) is 3.48. The standard InChI is InChI=1S/C24H23FN8O3/c1-33-22(8-10-28-33)30-20-12-16(7-9-26-20)17-11-19(25)29-21(13-17)31-32-23(34)18(14-27-24(35)36)15-5-3-2-4-6-15/h2-13,18,27H,14H2,1H3,(H,26,30)(H,29,31)(H,32,34)(H,35,36). The number of aryl methyl sites for hydroxylation is 1. The van der Waals surface area contributed by atoms with Crippen molar-refractivity contribution in [3.8, 4) is 11.1 Å². The summed E-state index contributed by atoms with van der Waals surface area (Å²) < 4.78 is 16.0. The van der Waals surface area contributed by atoms with Gasteiger partial charge < -0.3 is 15.7 Å². The molecule has 184 valence electrons. The molecule has 0 radical (unpaired) electrons. The number of anilines is 3. The third-order valence-electron chi connectivity index (χ3n) is 5.25. The number of nitrogens with one attached hydrogen (secondary N) is 4. The van der Waals surface area contributed by atoms with Gasteiger partial charge in [0.05, 0.1) is 12.1 Å². The smallest absolute Gasteiger partial charge is 0.404 e. The quantitative estimate of drug-likeness (QED) is 0.178. The van der Waals surface area contributed by atoms with E-state index in [1.54, 1.807) is 78.7 Å². The van der Waals surface area contributed by atoms with E-state index < -0.39 is 23.9 Å². The molecule has 1 unspecified atom stereocenters. The van der Waals surface area contributed by atoms with Crippen molar-refractivity contribution in [1.29, 1.82) is 0 Å². The van der Waals surface area contributed by atoms with Gasteiger partial charge >= 0.3 is 6.09 Å². The molecule has 5 N–H and O–H groups in total. The number of halogens is 1. The molecule has 3 aromatic heterocycles. The minimum Gasteiger partial charge on any atom is -0.465 e. The maximum atomic E-state index is 14.3. The van der Waals surface area contributed by atoms with Crippen molar-refractivity contribution in [3.63, 3.8) is 0 Å². The first-order valence-electron chi connectivity index (χ1n) is 10.9. The van der Waals surface area contributed by atoms with Crippen molar-refractivity contribution < 1.29 is 19.1 Å². The number of carbonyl (C=O) groups excluding carboxylic acids is 1. The number of hydrogen-bond acceptors (Lipinski definition) is 7. The highest BCUT2D eigenvalue weighted by atomic mass is 19.1. The topological polar surface area (TPSA) is 146 Å². The Morgan fingerprint density at radius 1 is 1.03 bits per heavy atom. The Hall–Kier alpha value is -5.00. The highest BCUT2D eigenvalue weighted by Gasteiger charge is 2.21. The summed E-state index contributed by atoms with van der Waals surface area (Å²) in [4.78, 5) is 31.9. The van der Waals surface area contributed by atoms with Crippen LogP contribution < -0.4 is 21.5 Å². The van der Waals surface area contributed by atoms with E-state index in [0.717, 1.165) is 5.82 Å². The number of amides is 2. The number of rotatable bonds is 9. The molecule has 1 aromatic carbocycles. The van der Waals surface area contributed by atoms with Crippen LogP contribution in [-0.2, 0) is 11.8 Å². The monoisotopic (exact) mass is 490 g/mol. The number of hydrogen-bond donors (Lipinski definition) is 5. The molecule has 0 saturated carbocycles. The Morgan fingerprint density at radius 3 is 2.53 bits per heavy atom. The summed E-state index contributed by atoms with van der Waals surface area (Å²) in [7, 11) is 1.79.